The highest BCUT2D eigenvalue weighted by Crippen LogP contribution is 2.25. The molecule has 0 radical (unpaired) electrons. The van der Waals surface area contributed by atoms with Gasteiger partial charge < -0.3 is 5.32 Å². The van der Waals surface area contributed by atoms with E-state index in [9.17, 15) is 14.9 Å². The van der Waals surface area contributed by atoms with E-state index in [1.165, 1.54) is 18.2 Å². The molecule has 0 unspecified atom stereocenters. The van der Waals surface area contributed by atoms with E-state index in [0.29, 0.717) is 6.54 Å². The quantitative estimate of drug-likeness (QED) is 0.693. The maximum atomic E-state index is 12.0. The molecule has 2 rings (SSSR count). The molecule has 20 heavy (non-hydrogen) atoms. The molecule has 0 saturated carbocycles. The minimum atomic E-state index is -0.609. The fraction of sp³-hybridized carbons (Fsp3) is 0.154. The zero-order valence-corrected chi connectivity index (χ0v) is 12.1. The highest BCUT2D eigenvalue weighted by molar-refractivity contribution is 7.08. The summed E-state index contributed by atoms with van der Waals surface area (Å²) in [5.74, 6) is -0.365. The van der Waals surface area contributed by atoms with Crippen molar-refractivity contribution in [2.24, 2.45) is 0 Å². The van der Waals surface area contributed by atoms with Gasteiger partial charge in [0, 0.05) is 18.2 Å². The number of halogens is 1. The number of carbonyl (C=O) groups excluding carboxylic acids is 1. The molecule has 1 aromatic heterocycles. The first kappa shape index (κ1) is 14.5. The summed E-state index contributed by atoms with van der Waals surface area (Å²) in [5.41, 5.74) is 2.09. The second kappa shape index (κ2) is 6.02. The summed E-state index contributed by atoms with van der Waals surface area (Å²) in [7, 11) is 0. The van der Waals surface area contributed by atoms with E-state index in [-0.39, 0.29) is 22.2 Å². The van der Waals surface area contributed by atoms with Crippen LogP contribution in [0.1, 0.15) is 21.5 Å². The standard InChI is InChI=1S/C13H11ClN2O3S/c1-8-6-20-7-10(8)5-15-13(17)9-2-3-11(14)12(4-9)16(18)19/h2-4,6-7H,5H2,1H3,(H,15,17). The van der Waals surface area contributed by atoms with Crippen LogP contribution >= 0.6 is 22.9 Å². The van der Waals surface area contributed by atoms with Gasteiger partial charge >= 0.3 is 0 Å². The number of aryl methyl sites for hydroxylation is 1. The summed E-state index contributed by atoms with van der Waals surface area (Å²) >= 11 is 7.27. The summed E-state index contributed by atoms with van der Waals surface area (Å²) < 4.78 is 0. The number of hydrogen-bond donors (Lipinski definition) is 1. The number of benzene rings is 1. The molecule has 104 valence electrons. The zero-order valence-electron chi connectivity index (χ0n) is 10.6. The van der Waals surface area contributed by atoms with Crippen molar-refractivity contribution >= 4 is 34.5 Å². The van der Waals surface area contributed by atoms with E-state index in [1.54, 1.807) is 11.3 Å². The molecule has 0 atom stereocenters. The van der Waals surface area contributed by atoms with Gasteiger partial charge in [-0.15, -0.1) is 0 Å². The van der Waals surface area contributed by atoms with Crippen molar-refractivity contribution in [3.05, 3.63) is 60.8 Å². The maximum absolute atomic E-state index is 12.0. The van der Waals surface area contributed by atoms with Crippen molar-refractivity contribution in [1.82, 2.24) is 5.32 Å². The lowest BCUT2D eigenvalue weighted by molar-refractivity contribution is -0.384. The molecule has 0 aliphatic heterocycles. The number of thiophene rings is 1. The SMILES string of the molecule is Cc1cscc1CNC(=O)c1ccc(Cl)c([N+](=O)[O-])c1. The normalized spacial score (nSPS) is 10.3. The number of amides is 1. The molecular formula is C13H11ClN2O3S. The lowest BCUT2D eigenvalue weighted by Gasteiger charge is -2.05. The number of nitrogens with one attached hydrogen (secondary N) is 1. The molecule has 0 bridgehead atoms. The van der Waals surface area contributed by atoms with Gasteiger partial charge in [-0.2, -0.15) is 11.3 Å². The van der Waals surface area contributed by atoms with Gasteiger partial charge in [0.15, 0.2) is 0 Å². The highest BCUT2D eigenvalue weighted by Gasteiger charge is 2.16. The van der Waals surface area contributed by atoms with Crippen LogP contribution in [0.25, 0.3) is 0 Å². The Labute approximate surface area is 124 Å². The van der Waals surface area contributed by atoms with Gasteiger partial charge in [0.2, 0.25) is 0 Å². The lowest BCUT2D eigenvalue weighted by Crippen LogP contribution is -2.22. The van der Waals surface area contributed by atoms with Crippen LogP contribution in [0.15, 0.2) is 29.0 Å². The van der Waals surface area contributed by atoms with Gasteiger partial charge in [-0.05, 0) is 40.9 Å². The van der Waals surface area contributed by atoms with Crippen LogP contribution in [0.5, 0.6) is 0 Å². The van der Waals surface area contributed by atoms with Gasteiger partial charge in [0.25, 0.3) is 11.6 Å². The second-order valence-corrected chi connectivity index (χ2v) is 5.34. The van der Waals surface area contributed by atoms with Gasteiger partial charge in [-0.25, -0.2) is 0 Å². The van der Waals surface area contributed by atoms with E-state index in [4.69, 9.17) is 11.6 Å². The lowest BCUT2D eigenvalue weighted by atomic mass is 10.1. The third-order valence-electron chi connectivity index (χ3n) is 2.81. The van der Waals surface area contributed by atoms with Crippen LogP contribution in [0.3, 0.4) is 0 Å². The number of nitro benzene ring substituents is 1. The molecule has 7 heteroatoms. The first-order valence-electron chi connectivity index (χ1n) is 5.73. The minimum absolute atomic E-state index is 0.0141. The Kier molecular flexibility index (Phi) is 4.36. The molecule has 0 saturated heterocycles. The van der Waals surface area contributed by atoms with Crippen LogP contribution in [0.4, 0.5) is 5.69 Å². The highest BCUT2D eigenvalue weighted by atomic mass is 35.5. The summed E-state index contributed by atoms with van der Waals surface area (Å²) in [6.45, 7) is 2.36. The Morgan fingerprint density at radius 1 is 1.45 bits per heavy atom. The Morgan fingerprint density at radius 2 is 2.20 bits per heavy atom. The van der Waals surface area contributed by atoms with E-state index >= 15 is 0 Å². The van der Waals surface area contributed by atoms with Crippen LogP contribution in [-0.4, -0.2) is 10.8 Å². The van der Waals surface area contributed by atoms with Gasteiger partial charge in [-0.1, -0.05) is 11.6 Å². The molecular weight excluding hydrogens is 300 g/mol. The third kappa shape index (κ3) is 3.15. The van der Waals surface area contributed by atoms with Crippen LogP contribution < -0.4 is 5.32 Å². The van der Waals surface area contributed by atoms with Crippen molar-refractivity contribution in [2.45, 2.75) is 13.5 Å². The van der Waals surface area contributed by atoms with Crippen molar-refractivity contribution in [2.75, 3.05) is 0 Å². The fourth-order valence-corrected chi connectivity index (χ4v) is 2.68. The Hall–Kier alpha value is -1.92. The first-order chi connectivity index (χ1) is 9.49. The van der Waals surface area contributed by atoms with Gasteiger partial charge in [-0.3, -0.25) is 14.9 Å². The van der Waals surface area contributed by atoms with Crippen molar-refractivity contribution in [3.8, 4) is 0 Å². The average molecular weight is 311 g/mol. The molecule has 1 amide bonds. The van der Waals surface area contributed by atoms with Crippen molar-refractivity contribution in [3.63, 3.8) is 0 Å². The van der Waals surface area contributed by atoms with E-state index in [0.717, 1.165) is 11.1 Å². The Balaban J connectivity index is 2.12. The molecule has 0 aliphatic carbocycles. The maximum Gasteiger partial charge on any atom is 0.288 e. The number of rotatable bonds is 4. The molecule has 5 nitrogen and oxygen atoms in total. The molecule has 1 aromatic carbocycles. The number of carbonyl (C=O) groups is 1. The summed E-state index contributed by atoms with van der Waals surface area (Å²) in [4.78, 5) is 22.1. The zero-order chi connectivity index (χ0) is 14.7. The van der Waals surface area contributed by atoms with E-state index in [1.807, 2.05) is 17.7 Å². The monoisotopic (exact) mass is 310 g/mol. The fourth-order valence-electron chi connectivity index (χ4n) is 1.64. The topological polar surface area (TPSA) is 72.2 Å². The summed E-state index contributed by atoms with van der Waals surface area (Å²) in [5, 5.41) is 17.5. The average Bonchev–Trinajstić information content (AvgIpc) is 2.81. The second-order valence-electron chi connectivity index (χ2n) is 4.19. The third-order valence-corrected chi connectivity index (χ3v) is 4.04. The van der Waals surface area contributed by atoms with Crippen molar-refractivity contribution < 1.29 is 9.72 Å². The summed E-state index contributed by atoms with van der Waals surface area (Å²) in [6.07, 6.45) is 0. The first-order valence-corrected chi connectivity index (χ1v) is 7.05. The molecule has 2 aromatic rings. The van der Waals surface area contributed by atoms with E-state index < -0.39 is 4.92 Å². The summed E-state index contributed by atoms with van der Waals surface area (Å²) in [6, 6.07) is 3.99. The smallest absolute Gasteiger partial charge is 0.288 e. The molecule has 0 aliphatic rings. The largest absolute Gasteiger partial charge is 0.348 e. The Bertz CT molecular complexity index is 669. The molecule has 0 spiro atoms. The number of nitrogens with zero attached hydrogens (tertiary/aromatic N) is 1. The molecule has 0 fully saturated rings. The van der Waals surface area contributed by atoms with Crippen molar-refractivity contribution in [1.29, 1.82) is 0 Å². The van der Waals surface area contributed by atoms with E-state index in [2.05, 4.69) is 5.32 Å². The van der Waals surface area contributed by atoms with Gasteiger partial charge in [0.05, 0.1) is 4.92 Å². The molecule has 1 heterocycles. The Morgan fingerprint density at radius 3 is 2.80 bits per heavy atom. The van der Waals surface area contributed by atoms with Crippen LogP contribution in [-0.2, 0) is 6.54 Å². The number of nitro groups is 1. The van der Waals surface area contributed by atoms with Gasteiger partial charge in [0.1, 0.15) is 5.02 Å². The predicted octanol–water partition coefficient (Wildman–Crippen LogP) is 3.55. The molecule has 1 N–H and O–H groups in total. The van der Waals surface area contributed by atoms with Crippen LogP contribution in [0, 0.1) is 17.0 Å². The predicted molar refractivity (Wildman–Crippen MR) is 78.3 cm³/mol. The minimum Gasteiger partial charge on any atom is -0.348 e. The van der Waals surface area contributed by atoms with Crippen LogP contribution in [0.2, 0.25) is 5.02 Å². The number of hydrogen-bond acceptors (Lipinski definition) is 4.